The fourth-order valence-corrected chi connectivity index (χ4v) is 0.793. The van der Waals surface area contributed by atoms with E-state index in [0.29, 0.717) is 13.1 Å². The highest BCUT2D eigenvalue weighted by molar-refractivity contribution is 4.61. The zero-order valence-corrected chi connectivity index (χ0v) is 7.41. The van der Waals surface area contributed by atoms with Gasteiger partial charge < -0.3 is 15.1 Å². The van der Waals surface area contributed by atoms with E-state index in [2.05, 4.69) is 5.32 Å². The minimum atomic E-state index is -0.549. The van der Waals surface area contributed by atoms with E-state index in [4.69, 9.17) is 5.11 Å². The predicted octanol–water partition coefficient (Wildman–Crippen LogP) is -1.16. The Hall–Kier alpha value is -0.160. The maximum Gasteiger partial charge on any atom is 0.102 e. The Bertz CT molecular complexity index is 96.4. The molecule has 0 amide bonds. The van der Waals surface area contributed by atoms with Crippen LogP contribution in [0.3, 0.4) is 0 Å². The van der Waals surface area contributed by atoms with Crippen molar-refractivity contribution in [3.8, 4) is 0 Å². The van der Waals surface area contributed by atoms with Gasteiger partial charge in [-0.2, -0.15) is 0 Å². The van der Waals surface area contributed by atoms with Crippen LogP contribution >= 0.6 is 0 Å². The summed E-state index contributed by atoms with van der Waals surface area (Å²) >= 11 is 0. The molecule has 0 spiro atoms. The molecule has 0 saturated heterocycles. The van der Waals surface area contributed by atoms with Gasteiger partial charge in [0.2, 0.25) is 0 Å². The summed E-state index contributed by atoms with van der Waals surface area (Å²) in [5, 5.41) is 20.8. The molecule has 3 N–H and O–H groups in total. The van der Waals surface area contributed by atoms with Crippen molar-refractivity contribution in [1.82, 2.24) is 10.2 Å². The van der Waals surface area contributed by atoms with E-state index in [1.165, 1.54) is 0 Å². The lowest BCUT2D eigenvalue weighted by Gasteiger charge is -2.17. The number of nitrogens with one attached hydrogen (secondary N) is 1. The minimum absolute atomic E-state index is 0.417. The molecule has 0 saturated carbocycles. The molecule has 4 nitrogen and oxygen atoms in total. The monoisotopic (exact) mass is 162 g/mol. The van der Waals surface area contributed by atoms with Crippen LogP contribution in [0.4, 0.5) is 0 Å². The zero-order chi connectivity index (χ0) is 8.85. The van der Waals surface area contributed by atoms with Gasteiger partial charge in [0.25, 0.3) is 0 Å². The maximum absolute atomic E-state index is 9.25. The molecule has 0 aliphatic carbocycles. The quantitative estimate of drug-likeness (QED) is 0.446. The van der Waals surface area contributed by atoms with Gasteiger partial charge in [-0.1, -0.05) is 0 Å². The molecule has 0 aromatic heterocycles. The first-order valence-corrected chi connectivity index (χ1v) is 3.76. The zero-order valence-electron chi connectivity index (χ0n) is 7.41. The lowest BCUT2D eigenvalue weighted by Crippen LogP contribution is -2.38. The standard InChI is InChI=1S/C7H18N2O2/c1-6(10)8-4-7(11)5-9(2)3/h6-8,10-11H,4-5H2,1-3H3. The first-order valence-electron chi connectivity index (χ1n) is 3.76. The van der Waals surface area contributed by atoms with Crippen molar-refractivity contribution < 1.29 is 10.2 Å². The van der Waals surface area contributed by atoms with Crippen LogP contribution in [0, 0.1) is 0 Å². The van der Waals surface area contributed by atoms with Crippen LogP contribution in [-0.4, -0.2) is 54.6 Å². The van der Waals surface area contributed by atoms with E-state index in [-0.39, 0.29) is 0 Å². The Balaban J connectivity index is 3.29. The van der Waals surface area contributed by atoms with E-state index < -0.39 is 12.3 Å². The second kappa shape index (κ2) is 5.49. The molecule has 0 heterocycles. The van der Waals surface area contributed by atoms with Gasteiger partial charge in [-0.05, 0) is 21.0 Å². The summed E-state index contributed by atoms with van der Waals surface area (Å²) in [6.45, 7) is 2.66. The third kappa shape index (κ3) is 7.74. The molecule has 0 aromatic carbocycles. The summed E-state index contributed by atoms with van der Waals surface area (Å²) in [5.41, 5.74) is 0. The molecule has 2 atom stereocenters. The summed E-state index contributed by atoms with van der Waals surface area (Å²) in [4.78, 5) is 1.90. The van der Waals surface area contributed by atoms with Gasteiger partial charge in [0.15, 0.2) is 0 Å². The summed E-state index contributed by atoms with van der Waals surface area (Å²) in [7, 11) is 3.79. The number of aliphatic hydroxyl groups excluding tert-OH is 2. The van der Waals surface area contributed by atoms with Gasteiger partial charge >= 0.3 is 0 Å². The SMILES string of the molecule is CC(O)NCC(O)CN(C)C. The largest absolute Gasteiger partial charge is 0.390 e. The van der Waals surface area contributed by atoms with Crippen molar-refractivity contribution in [3.63, 3.8) is 0 Å². The van der Waals surface area contributed by atoms with Crippen molar-refractivity contribution in [2.24, 2.45) is 0 Å². The Morgan fingerprint density at radius 2 is 1.91 bits per heavy atom. The van der Waals surface area contributed by atoms with Crippen LogP contribution < -0.4 is 5.32 Å². The highest BCUT2D eigenvalue weighted by Crippen LogP contribution is 1.84. The Kier molecular flexibility index (Phi) is 5.41. The second-order valence-electron chi connectivity index (χ2n) is 3.00. The average Bonchev–Trinajstić information content (AvgIpc) is 1.82. The normalized spacial score (nSPS) is 16.9. The summed E-state index contributed by atoms with van der Waals surface area (Å²) in [6.07, 6.45) is -0.966. The fourth-order valence-electron chi connectivity index (χ4n) is 0.793. The van der Waals surface area contributed by atoms with Crippen molar-refractivity contribution in [2.45, 2.75) is 19.3 Å². The van der Waals surface area contributed by atoms with Gasteiger partial charge in [0.1, 0.15) is 6.23 Å². The molecule has 0 rings (SSSR count). The van der Waals surface area contributed by atoms with E-state index in [9.17, 15) is 5.11 Å². The number of likely N-dealkylation sites (N-methyl/N-ethyl adjacent to an activating group) is 1. The molecule has 0 aliphatic heterocycles. The number of hydrogen-bond acceptors (Lipinski definition) is 4. The van der Waals surface area contributed by atoms with Crippen LogP contribution in [0.2, 0.25) is 0 Å². The van der Waals surface area contributed by atoms with Crippen LogP contribution in [0.1, 0.15) is 6.92 Å². The van der Waals surface area contributed by atoms with Crippen LogP contribution in [0.25, 0.3) is 0 Å². The van der Waals surface area contributed by atoms with Crippen molar-refractivity contribution >= 4 is 0 Å². The number of hydrogen-bond donors (Lipinski definition) is 3. The lowest BCUT2D eigenvalue weighted by atomic mass is 10.3. The minimum Gasteiger partial charge on any atom is -0.390 e. The summed E-state index contributed by atoms with van der Waals surface area (Å²) in [5.74, 6) is 0. The summed E-state index contributed by atoms with van der Waals surface area (Å²) in [6, 6.07) is 0. The van der Waals surface area contributed by atoms with Gasteiger partial charge in [-0.3, -0.25) is 5.32 Å². The average molecular weight is 162 g/mol. The van der Waals surface area contributed by atoms with E-state index in [1.807, 2.05) is 19.0 Å². The third-order valence-corrected chi connectivity index (χ3v) is 1.22. The highest BCUT2D eigenvalue weighted by Gasteiger charge is 2.05. The first kappa shape index (κ1) is 10.8. The molecule has 0 fully saturated rings. The Morgan fingerprint density at radius 3 is 2.27 bits per heavy atom. The molecule has 11 heavy (non-hydrogen) atoms. The number of aliphatic hydroxyl groups is 2. The first-order chi connectivity index (χ1) is 5.02. The van der Waals surface area contributed by atoms with Crippen molar-refractivity contribution in [2.75, 3.05) is 27.2 Å². The molecule has 2 unspecified atom stereocenters. The van der Waals surface area contributed by atoms with Gasteiger partial charge in [-0.25, -0.2) is 0 Å². The molecule has 0 radical (unpaired) electrons. The molecule has 68 valence electrons. The van der Waals surface area contributed by atoms with Crippen LogP contribution in [0.5, 0.6) is 0 Å². The topological polar surface area (TPSA) is 55.7 Å². The van der Waals surface area contributed by atoms with Crippen molar-refractivity contribution in [1.29, 1.82) is 0 Å². The molecule has 0 bridgehead atoms. The molecular formula is C7H18N2O2. The molecular weight excluding hydrogens is 144 g/mol. The van der Waals surface area contributed by atoms with E-state index >= 15 is 0 Å². The molecule has 4 heteroatoms. The van der Waals surface area contributed by atoms with Gasteiger partial charge in [0.05, 0.1) is 6.10 Å². The molecule has 0 aromatic rings. The van der Waals surface area contributed by atoms with E-state index in [1.54, 1.807) is 6.92 Å². The smallest absolute Gasteiger partial charge is 0.102 e. The number of nitrogens with zero attached hydrogens (tertiary/aromatic N) is 1. The number of rotatable bonds is 5. The third-order valence-electron chi connectivity index (χ3n) is 1.22. The fraction of sp³-hybridized carbons (Fsp3) is 1.00. The van der Waals surface area contributed by atoms with E-state index in [0.717, 1.165) is 0 Å². The van der Waals surface area contributed by atoms with Gasteiger partial charge in [-0.15, -0.1) is 0 Å². The Labute approximate surface area is 67.8 Å². The second-order valence-corrected chi connectivity index (χ2v) is 3.00. The van der Waals surface area contributed by atoms with Crippen molar-refractivity contribution in [3.05, 3.63) is 0 Å². The van der Waals surface area contributed by atoms with Gasteiger partial charge in [0, 0.05) is 13.1 Å². The predicted molar refractivity (Wildman–Crippen MR) is 44.2 cm³/mol. The highest BCUT2D eigenvalue weighted by atomic mass is 16.3. The molecule has 0 aliphatic rings. The summed E-state index contributed by atoms with van der Waals surface area (Å²) < 4.78 is 0. The lowest BCUT2D eigenvalue weighted by molar-refractivity contribution is 0.0972. The maximum atomic E-state index is 9.25. The van der Waals surface area contributed by atoms with Crippen LogP contribution in [-0.2, 0) is 0 Å². The Morgan fingerprint density at radius 1 is 1.36 bits per heavy atom. The van der Waals surface area contributed by atoms with Crippen LogP contribution in [0.15, 0.2) is 0 Å².